The van der Waals surface area contributed by atoms with Gasteiger partial charge in [-0.15, -0.1) is 6.58 Å². The topological polar surface area (TPSA) is 29.5 Å². The van der Waals surface area contributed by atoms with Gasteiger partial charge in [-0.25, -0.2) is 4.79 Å². The number of likely N-dealkylation sites (N-methyl/N-ethyl adjacent to an activating group) is 1. The predicted octanol–water partition coefficient (Wildman–Crippen LogP) is 1.90. The van der Waals surface area contributed by atoms with E-state index in [1.54, 1.807) is 13.1 Å². The summed E-state index contributed by atoms with van der Waals surface area (Å²) < 4.78 is 4.96. The second-order valence-electron chi connectivity index (χ2n) is 3.14. The number of amides is 1. The second kappa shape index (κ2) is 5.63. The van der Waals surface area contributed by atoms with Crippen LogP contribution >= 0.6 is 0 Å². The van der Waals surface area contributed by atoms with Crippen LogP contribution in [0.5, 0.6) is 0 Å². The lowest BCUT2D eigenvalue weighted by Gasteiger charge is -2.15. The molecule has 3 heteroatoms. The average molecular weight is 171 g/mol. The van der Waals surface area contributed by atoms with Crippen LogP contribution < -0.4 is 0 Å². The molecule has 0 saturated heterocycles. The van der Waals surface area contributed by atoms with Gasteiger partial charge in [0.1, 0.15) is 0 Å². The summed E-state index contributed by atoms with van der Waals surface area (Å²) in [5.74, 6) is 0.381. The van der Waals surface area contributed by atoms with E-state index in [0.717, 1.165) is 0 Å². The van der Waals surface area contributed by atoms with E-state index in [0.29, 0.717) is 19.1 Å². The summed E-state index contributed by atoms with van der Waals surface area (Å²) >= 11 is 0. The molecule has 0 radical (unpaired) electrons. The van der Waals surface area contributed by atoms with E-state index in [2.05, 4.69) is 6.58 Å². The lowest BCUT2D eigenvalue weighted by atomic mass is 10.2. The number of hydrogen-bond donors (Lipinski definition) is 0. The lowest BCUT2D eigenvalue weighted by molar-refractivity contribution is 0.103. The maximum Gasteiger partial charge on any atom is 0.409 e. The number of nitrogens with zero attached hydrogens (tertiary/aromatic N) is 1. The van der Waals surface area contributed by atoms with Crippen molar-refractivity contribution in [2.45, 2.75) is 13.8 Å². The molecule has 0 spiro atoms. The quantitative estimate of drug-likeness (QED) is 0.604. The molecule has 0 aromatic heterocycles. The molecule has 0 aliphatic carbocycles. The van der Waals surface area contributed by atoms with Crippen molar-refractivity contribution in [1.82, 2.24) is 4.90 Å². The smallest absolute Gasteiger partial charge is 0.409 e. The van der Waals surface area contributed by atoms with Gasteiger partial charge in [0.25, 0.3) is 0 Å². The van der Waals surface area contributed by atoms with Crippen LogP contribution in [0.25, 0.3) is 0 Å². The van der Waals surface area contributed by atoms with Crippen molar-refractivity contribution >= 4 is 6.09 Å². The molecule has 0 N–H and O–H groups in total. The lowest BCUT2D eigenvalue weighted by Crippen LogP contribution is -2.28. The third-order valence-corrected chi connectivity index (χ3v) is 1.25. The van der Waals surface area contributed by atoms with Crippen LogP contribution in [0.15, 0.2) is 12.7 Å². The van der Waals surface area contributed by atoms with Crippen molar-refractivity contribution in [2.24, 2.45) is 5.92 Å². The van der Waals surface area contributed by atoms with Crippen molar-refractivity contribution < 1.29 is 9.53 Å². The first-order valence-electron chi connectivity index (χ1n) is 4.06. The summed E-state index contributed by atoms with van der Waals surface area (Å²) in [6.07, 6.45) is 1.37. The zero-order chi connectivity index (χ0) is 9.56. The SMILES string of the molecule is C=CCN(C)C(=O)OCC(C)C. The van der Waals surface area contributed by atoms with Gasteiger partial charge >= 0.3 is 6.09 Å². The summed E-state index contributed by atoms with van der Waals surface area (Å²) in [6, 6.07) is 0. The molecule has 0 fully saturated rings. The first-order valence-corrected chi connectivity index (χ1v) is 4.06. The molecular formula is C9H17NO2. The monoisotopic (exact) mass is 171 g/mol. The van der Waals surface area contributed by atoms with Crippen molar-refractivity contribution in [2.75, 3.05) is 20.2 Å². The van der Waals surface area contributed by atoms with E-state index in [1.807, 2.05) is 13.8 Å². The van der Waals surface area contributed by atoms with Crippen LogP contribution in [0.4, 0.5) is 4.79 Å². The Morgan fingerprint density at radius 3 is 2.67 bits per heavy atom. The first-order chi connectivity index (χ1) is 5.57. The molecular weight excluding hydrogens is 154 g/mol. The van der Waals surface area contributed by atoms with Gasteiger partial charge < -0.3 is 9.64 Å². The van der Waals surface area contributed by atoms with Crippen molar-refractivity contribution in [1.29, 1.82) is 0 Å². The highest BCUT2D eigenvalue weighted by molar-refractivity contribution is 5.67. The van der Waals surface area contributed by atoms with E-state index < -0.39 is 0 Å². The molecule has 0 unspecified atom stereocenters. The van der Waals surface area contributed by atoms with Crippen molar-refractivity contribution in [3.8, 4) is 0 Å². The average Bonchev–Trinajstić information content (AvgIpc) is 2.00. The molecule has 70 valence electrons. The zero-order valence-corrected chi connectivity index (χ0v) is 8.04. The Balaban J connectivity index is 3.63. The molecule has 0 saturated carbocycles. The third-order valence-electron chi connectivity index (χ3n) is 1.25. The minimum atomic E-state index is -0.288. The van der Waals surface area contributed by atoms with Crippen LogP contribution in [0.1, 0.15) is 13.8 Å². The van der Waals surface area contributed by atoms with Gasteiger partial charge in [0.05, 0.1) is 6.61 Å². The molecule has 0 bridgehead atoms. The van der Waals surface area contributed by atoms with Gasteiger partial charge in [-0.2, -0.15) is 0 Å². The van der Waals surface area contributed by atoms with Gasteiger partial charge in [-0.05, 0) is 5.92 Å². The minimum Gasteiger partial charge on any atom is -0.449 e. The van der Waals surface area contributed by atoms with Crippen LogP contribution in [0.3, 0.4) is 0 Å². The molecule has 0 aromatic rings. The Labute approximate surface area is 74.0 Å². The maximum absolute atomic E-state index is 11.1. The maximum atomic E-state index is 11.1. The molecule has 3 nitrogen and oxygen atoms in total. The summed E-state index contributed by atoms with van der Waals surface area (Å²) in [5.41, 5.74) is 0. The molecule has 0 atom stereocenters. The Morgan fingerprint density at radius 1 is 1.67 bits per heavy atom. The number of rotatable bonds is 4. The van der Waals surface area contributed by atoms with Crippen molar-refractivity contribution in [3.63, 3.8) is 0 Å². The first kappa shape index (κ1) is 11.0. The summed E-state index contributed by atoms with van der Waals surface area (Å²) in [6.45, 7) is 8.53. The van der Waals surface area contributed by atoms with Crippen LogP contribution in [0.2, 0.25) is 0 Å². The van der Waals surface area contributed by atoms with E-state index in [-0.39, 0.29) is 6.09 Å². The Morgan fingerprint density at radius 2 is 2.25 bits per heavy atom. The number of ether oxygens (including phenoxy) is 1. The highest BCUT2D eigenvalue weighted by atomic mass is 16.6. The molecule has 0 rings (SSSR count). The number of carbonyl (C=O) groups excluding carboxylic acids is 1. The van der Waals surface area contributed by atoms with Crippen LogP contribution in [0, 0.1) is 5.92 Å². The van der Waals surface area contributed by atoms with Crippen LogP contribution in [-0.4, -0.2) is 31.2 Å². The molecule has 1 amide bonds. The van der Waals surface area contributed by atoms with E-state index in [9.17, 15) is 4.79 Å². The highest BCUT2D eigenvalue weighted by Gasteiger charge is 2.07. The fraction of sp³-hybridized carbons (Fsp3) is 0.667. The molecule has 12 heavy (non-hydrogen) atoms. The van der Waals surface area contributed by atoms with Gasteiger partial charge in [-0.1, -0.05) is 19.9 Å². The fourth-order valence-corrected chi connectivity index (χ4v) is 0.616. The molecule has 0 aliphatic heterocycles. The largest absolute Gasteiger partial charge is 0.449 e. The third kappa shape index (κ3) is 4.77. The van der Waals surface area contributed by atoms with Gasteiger partial charge in [-0.3, -0.25) is 0 Å². The van der Waals surface area contributed by atoms with Gasteiger partial charge in [0.2, 0.25) is 0 Å². The standard InChI is InChI=1S/C9H17NO2/c1-5-6-10(4)9(11)12-7-8(2)3/h5,8H,1,6-7H2,2-4H3. The summed E-state index contributed by atoms with van der Waals surface area (Å²) in [4.78, 5) is 12.6. The van der Waals surface area contributed by atoms with E-state index >= 15 is 0 Å². The number of carbonyl (C=O) groups is 1. The number of hydrogen-bond acceptors (Lipinski definition) is 2. The zero-order valence-electron chi connectivity index (χ0n) is 8.04. The van der Waals surface area contributed by atoms with Crippen molar-refractivity contribution in [3.05, 3.63) is 12.7 Å². The van der Waals surface area contributed by atoms with E-state index in [1.165, 1.54) is 4.90 Å². The molecule has 0 heterocycles. The highest BCUT2D eigenvalue weighted by Crippen LogP contribution is 1.96. The molecule has 0 aliphatic rings. The predicted molar refractivity (Wildman–Crippen MR) is 49.0 cm³/mol. The Bertz CT molecular complexity index is 155. The Hall–Kier alpha value is -0.990. The van der Waals surface area contributed by atoms with E-state index in [4.69, 9.17) is 4.74 Å². The second-order valence-corrected chi connectivity index (χ2v) is 3.14. The summed E-state index contributed by atoms with van der Waals surface area (Å²) in [5, 5.41) is 0. The summed E-state index contributed by atoms with van der Waals surface area (Å²) in [7, 11) is 1.68. The minimum absolute atomic E-state index is 0.288. The van der Waals surface area contributed by atoms with Crippen LogP contribution in [-0.2, 0) is 4.74 Å². The van der Waals surface area contributed by atoms with Gasteiger partial charge in [0, 0.05) is 13.6 Å². The molecule has 0 aromatic carbocycles. The fourth-order valence-electron chi connectivity index (χ4n) is 0.616. The van der Waals surface area contributed by atoms with Gasteiger partial charge in [0.15, 0.2) is 0 Å². The normalized spacial score (nSPS) is 9.67. The Kier molecular flexibility index (Phi) is 5.17.